The van der Waals surface area contributed by atoms with Crippen molar-refractivity contribution in [2.75, 3.05) is 16.1 Å². The molecule has 4 rings (SSSR count). The topological polar surface area (TPSA) is 92.2 Å². The van der Waals surface area contributed by atoms with E-state index >= 15 is 0 Å². The summed E-state index contributed by atoms with van der Waals surface area (Å²) in [6, 6.07) is 18.1. The molecule has 0 unspecified atom stereocenters. The van der Waals surface area contributed by atoms with Crippen molar-refractivity contribution in [1.82, 2.24) is 4.68 Å². The quantitative estimate of drug-likeness (QED) is 0.297. The molecule has 0 spiro atoms. The van der Waals surface area contributed by atoms with Crippen molar-refractivity contribution >= 4 is 74.8 Å². The van der Waals surface area contributed by atoms with Crippen LogP contribution in [0.1, 0.15) is 16.1 Å². The van der Waals surface area contributed by atoms with E-state index in [0.717, 1.165) is 5.56 Å². The van der Waals surface area contributed by atoms with Gasteiger partial charge >= 0.3 is 11.8 Å². The van der Waals surface area contributed by atoms with E-state index in [-0.39, 0.29) is 10.7 Å². The molecule has 0 fully saturated rings. The fourth-order valence-electron chi connectivity index (χ4n) is 3.31. The highest BCUT2D eigenvalue weighted by molar-refractivity contribution is 6.42. The zero-order valence-corrected chi connectivity index (χ0v) is 19.9. The number of amides is 3. The predicted octanol–water partition coefficient (Wildman–Crippen LogP) is 5.87. The van der Waals surface area contributed by atoms with E-state index in [1.165, 1.54) is 10.7 Å². The van der Waals surface area contributed by atoms with E-state index in [1.807, 2.05) is 13.0 Å². The van der Waals surface area contributed by atoms with Crippen LogP contribution in [0.25, 0.3) is 10.9 Å². The molecular formula is C24H17Cl3N4O3. The fraction of sp³-hybridized carbons (Fsp3) is 0.0417. The number of aromatic nitrogens is 1. The lowest BCUT2D eigenvalue weighted by molar-refractivity contribution is -0.133. The molecule has 0 saturated heterocycles. The van der Waals surface area contributed by atoms with Crippen molar-refractivity contribution in [2.45, 2.75) is 6.92 Å². The van der Waals surface area contributed by atoms with Crippen LogP contribution in [-0.2, 0) is 9.59 Å². The smallest absolute Gasteiger partial charge is 0.319 e. The highest BCUT2D eigenvalue weighted by atomic mass is 35.5. The molecule has 1 heterocycles. The number of benzene rings is 3. The maximum atomic E-state index is 13.1. The van der Waals surface area contributed by atoms with Crippen LogP contribution in [0.2, 0.25) is 15.1 Å². The van der Waals surface area contributed by atoms with Crippen molar-refractivity contribution in [1.29, 1.82) is 0 Å². The molecule has 7 nitrogen and oxygen atoms in total. The van der Waals surface area contributed by atoms with E-state index in [2.05, 4.69) is 16.1 Å². The van der Waals surface area contributed by atoms with Gasteiger partial charge in [0.1, 0.15) is 5.69 Å². The first kappa shape index (κ1) is 23.6. The average Bonchev–Trinajstić information content (AvgIpc) is 3.13. The summed E-state index contributed by atoms with van der Waals surface area (Å²) in [5, 5.41) is 6.91. The lowest BCUT2D eigenvalue weighted by Gasteiger charge is -2.13. The molecule has 0 aliphatic carbocycles. The third-order valence-corrected chi connectivity index (χ3v) is 5.65. The van der Waals surface area contributed by atoms with Crippen molar-refractivity contribution in [2.24, 2.45) is 0 Å². The molecule has 3 amide bonds. The van der Waals surface area contributed by atoms with E-state index in [1.54, 1.807) is 54.6 Å². The summed E-state index contributed by atoms with van der Waals surface area (Å²) < 4.78 is 1.23. The van der Waals surface area contributed by atoms with Crippen LogP contribution in [-0.4, -0.2) is 22.4 Å². The Bertz CT molecular complexity index is 1450. The number of nitrogens with one attached hydrogen (secondary N) is 3. The number of halogens is 3. The minimum atomic E-state index is -0.965. The van der Waals surface area contributed by atoms with Crippen LogP contribution in [0.5, 0.6) is 0 Å². The van der Waals surface area contributed by atoms with Gasteiger partial charge in [0, 0.05) is 21.1 Å². The summed E-state index contributed by atoms with van der Waals surface area (Å²) >= 11 is 18.2. The molecule has 34 heavy (non-hydrogen) atoms. The van der Waals surface area contributed by atoms with Gasteiger partial charge in [-0.3, -0.25) is 19.8 Å². The maximum Gasteiger partial charge on any atom is 0.328 e. The molecule has 4 aromatic rings. The maximum absolute atomic E-state index is 13.1. The Morgan fingerprint density at radius 3 is 2.26 bits per heavy atom. The number of fused-ring (bicyclic) bond motifs is 1. The predicted molar refractivity (Wildman–Crippen MR) is 136 cm³/mol. The Kier molecular flexibility index (Phi) is 6.79. The summed E-state index contributed by atoms with van der Waals surface area (Å²) in [5.41, 5.74) is 4.73. The standard InChI is InChI=1S/C24H17Cl3N4O3/c1-13-3-2-4-17(9-13)28-23(33)24(34)30-31-20-8-6-15(25)10-14(20)11-21(31)22(32)29-19-7-5-16(26)12-18(19)27/h2-12H,1H3,(H,28,33)(H,29,32)(H,30,34). The first-order valence-corrected chi connectivity index (χ1v) is 11.1. The summed E-state index contributed by atoms with van der Waals surface area (Å²) in [4.78, 5) is 38.3. The van der Waals surface area contributed by atoms with Gasteiger partial charge in [0.25, 0.3) is 5.91 Å². The van der Waals surface area contributed by atoms with Crippen LogP contribution in [0.4, 0.5) is 11.4 Å². The monoisotopic (exact) mass is 514 g/mol. The van der Waals surface area contributed by atoms with Gasteiger partial charge in [0.2, 0.25) is 0 Å². The van der Waals surface area contributed by atoms with Gasteiger partial charge < -0.3 is 10.6 Å². The SMILES string of the molecule is Cc1cccc(NC(=O)C(=O)Nn2c(C(=O)Nc3ccc(Cl)cc3Cl)cc3cc(Cl)ccc32)c1. The van der Waals surface area contributed by atoms with Crippen molar-refractivity contribution in [3.8, 4) is 0 Å². The molecule has 0 aliphatic heterocycles. The summed E-state index contributed by atoms with van der Waals surface area (Å²) in [6.45, 7) is 1.87. The second-order valence-corrected chi connectivity index (χ2v) is 8.69. The van der Waals surface area contributed by atoms with Gasteiger partial charge in [0.05, 0.1) is 16.2 Å². The molecule has 172 valence electrons. The van der Waals surface area contributed by atoms with E-state index in [0.29, 0.717) is 32.3 Å². The summed E-state index contributed by atoms with van der Waals surface area (Å²) in [6.07, 6.45) is 0. The second kappa shape index (κ2) is 9.77. The molecule has 1 aromatic heterocycles. The number of rotatable bonds is 4. The Morgan fingerprint density at radius 2 is 1.53 bits per heavy atom. The Labute approximate surface area is 209 Å². The van der Waals surface area contributed by atoms with E-state index in [9.17, 15) is 14.4 Å². The molecule has 0 bridgehead atoms. The Balaban J connectivity index is 1.64. The van der Waals surface area contributed by atoms with Gasteiger partial charge in [-0.05, 0) is 67.1 Å². The molecule has 3 aromatic carbocycles. The number of carbonyl (C=O) groups excluding carboxylic acids is 3. The number of aryl methyl sites for hydroxylation is 1. The number of carbonyl (C=O) groups is 3. The number of nitrogens with zero attached hydrogens (tertiary/aromatic N) is 1. The highest BCUT2D eigenvalue weighted by Crippen LogP contribution is 2.27. The van der Waals surface area contributed by atoms with Gasteiger partial charge in [-0.15, -0.1) is 0 Å². The largest absolute Gasteiger partial charge is 0.328 e. The van der Waals surface area contributed by atoms with Crippen LogP contribution in [0, 0.1) is 6.92 Å². The highest BCUT2D eigenvalue weighted by Gasteiger charge is 2.22. The minimum absolute atomic E-state index is 0.0555. The van der Waals surface area contributed by atoms with Gasteiger partial charge in [-0.2, -0.15) is 0 Å². The molecule has 0 radical (unpaired) electrons. The van der Waals surface area contributed by atoms with E-state index < -0.39 is 17.7 Å². The normalized spacial score (nSPS) is 10.7. The molecule has 10 heteroatoms. The third kappa shape index (κ3) is 5.17. The lowest BCUT2D eigenvalue weighted by Crippen LogP contribution is -2.36. The first-order valence-electron chi connectivity index (χ1n) is 9.97. The van der Waals surface area contributed by atoms with Crippen molar-refractivity contribution in [3.63, 3.8) is 0 Å². The Morgan fingerprint density at radius 1 is 0.794 bits per heavy atom. The third-order valence-electron chi connectivity index (χ3n) is 4.87. The zero-order chi connectivity index (χ0) is 24.4. The Hall–Kier alpha value is -3.52. The summed E-state index contributed by atoms with van der Waals surface area (Å²) in [7, 11) is 0. The van der Waals surface area contributed by atoms with Gasteiger partial charge in [-0.25, -0.2) is 4.68 Å². The number of hydrogen-bond donors (Lipinski definition) is 3. The van der Waals surface area contributed by atoms with Gasteiger partial charge in [0.15, 0.2) is 0 Å². The zero-order valence-electron chi connectivity index (χ0n) is 17.7. The van der Waals surface area contributed by atoms with Crippen LogP contribution < -0.4 is 16.1 Å². The molecule has 3 N–H and O–H groups in total. The fourth-order valence-corrected chi connectivity index (χ4v) is 3.95. The number of hydrogen-bond acceptors (Lipinski definition) is 3. The minimum Gasteiger partial charge on any atom is -0.319 e. The van der Waals surface area contributed by atoms with Crippen molar-refractivity contribution < 1.29 is 14.4 Å². The van der Waals surface area contributed by atoms with E-state index in [4.69, 9.17) is 34.8 Å². The van der Waals surface area contributed by atoms with Crippen molar-refractivity contribution in [3.05, 3.63) is 93.1 Å². The second-order valence-electron chi connectivity index (χ2n) is 7.41. The van der Waals surface area contributed by atoms with Gasteiger partial charge in [-0.1, -0.05) is 46.9 Å². The number of anilines is 2. The molecule has 0 atom stereocenters. The first-order chi connectivity index (χ1) is 16.2. The van der Waals surface area contributed by atoms with Crippen LogP contribution >= 0.6 is 34.8 Å². The average molecular weight is 516 g/mol. The lowest BCUT2D eigenvalue weighted by atomic mass is 10.2. The summed E-state index contributed by atoms with van der Waals surface area (Å²) in [5.74, 6) is -2.43. The molecular weight excluding hydrogens is 499 g/mol. The van der Waals surface area contributed by atoms with Crippen LogP contribution in [0.3, 0.4) is 0 Å². The molecule has 0 aliphatic rings. The molecule has 0 saturated carbocycles. The van der Waals surface area contributed by atoms with Crippen LogP contribution in [0.15, 0.2) is 66.7 Å².